The van der Waals surface area contributed by atoms with Crippen LogP contribution in [0.1, 0.15) is 95.1 Å². The van der Waals surface area contributed by atoms with Crippen LogP contribution in [0, 0.1) is 59.2 Å². The van der Waals surface area contributed by atoms with Crippen LogP contribution in [0.4, 0.5) is 0 Å². The Bertz CT molecular complexity index is 1610. The first kappa shape index (κ1) is 25.7. The van der Waals surface area contributed by atoms with Crippen molar-refractivity contribution in [2.24, 2.45) is 59.2 Å². The lowest BCUT2D eigenvalue weighted by Crippen LogP contribution is -2.61. The van der Waals surface area contributed by atoms with Gasteiger partial charge in [-0.3, -0.25) is 4.57 Å². The third kappa shape index (κ3) is 3.74. The Labute approximate surface area is 257 Å². The maximum Gasteiger partial charge on any atom is 0.137 e. The van der Waals surface area contributed by atoms with Gasteiger partial charge < -0.3 is 0 Å². The monoisotopic (exact) mass is 568 g/mol. The van der Waals surface area contributed by atoms with Gasteiger partial charge in [0.15, 0.2) is 0 Å². The molecule has 0 spiro atoms. The SMILES string of the molecule is c1cc(C2CCC3C(C2)C2CCCC4C5CCCCC5C5CCCC3C5C42)nc(-n2c3ccccc3c3ccccc32)c1. The molecule has 43 heavy (non-hydrogen) atoms. The molecule has 6 saturated carbocycles. The summed E-state index contributed by atoms with van der Waals surface area (Å²) in [6.07, 6.45) is 19.7. The molecule has 0 bridgehead atoms. The minimum absolute atomic E-state index is 0.622. The van der Waals surface area contributed by atoms with E-state index in [1.165, 1.54) is 78.9 Å². The summed E-state index contributed by atoms with van der Waals surface area (Å²) in [7, 11) is 0. The number of aromatic nitrogens is 2. The summed E-state index contributed by atoms with van der Waals surface area (Å²) in [6.45, 7) is 0. The number of hydrogen-bond donors (Lipinski definition) is 0. The zero-order valence-corrected chi connectivity index (χ0v) is 25.8. The molecule has 0 N–H and O–H groups in total. The summed E-state index contributed by atoms with van der Waals surface area (Å²) in [6, 6.07) is 24.7. The van der Waals surface area contributed by atoms with Crippen LogP contribution >= 0.6 is 0 Å². The average molecular weight is 569 g/mol. The molecule has 2 nitrogen and oxygen atoms in total. The van der Waals surface area contributed by atoms with Crippen LogP contribution < -0.4 is 0 Å². The predicted octanol–water partition coefficient (Wildman–Crippen LogP) is 10.6. The van der Waals surface area contributed by atoms with Gasteiger partial charge in [0, 0.05) is 22.4 Å². The first-order chi connectivity index (χ1) is 21.3. The van der Waals surface area contributed by atoms with E-state index in [0.29, 0.717) is 5.92 Å². The molecule has 2 heteroatoms. The zero-order chi connectivity index (χ0) is 28.1. The molecule has 222 valence electrons. The second-order valence-corrected chi connectivity index (χ2v) is 15.9. The van der Waals surface area contributed by atoms with Crippen molar-refractivity contribution in [3.63, 3.8) is 0 Å². The maximum atomic E-state index is 5.52. The zero-order valence-electron chi connectivity index (χ0n) is 25.8. The number of benzene rings is 2. The van der Waals surface area contributed by atoms with Crippen LogP contribution in [0.15, 0.2) is 66.7 Å². The maximum absolute atomic E-state index is 5.52. The molecule has 6 aliphatic carbocycles. The van der Waals surface area contributed by atoms with E-state index in [4.69, 9.17) is 4.98 Å². The van der Waals surface area contributed by atoms with Crippen molar-refractivity contribution in [2.45, 2.75) is 89.4 Å². The van der Waals surface area contributed by atoms with Gasteiger partial charge >= 0.3 is 0 Å². The molecular weight excluding hydrogens is 520 g/mol. The van der Waals surface area contributed by atoms with E-state index in [0.717, 1.165) is 65.0 Å². The highest BCUT2D eigenvalue weighted by Gasteiger charge is 2.62. The Morgan fingerprint density at radius 1 is 0.465 bits per heavy atom. The average Bonchev–Trinajstić information content (AvgIpc) is 3.42. The number of hydrogen-bond acceptors (Lipinski definition) is 1. The van der Waals surface area contributed by atoms with Crippen molar-refractivity contribution in [3.8, 4) is 5.82 Å². The molecule has 0 saturated heterocycles. The van der Waals surface area contributed by atoms with Crippen molar-refractivity contribution in [1.82, 2.24) is 9.55 Å². The van der Waals surface area contributed by atoms with Gasteiger partial charge in [0.05, 0.1) is 11.0 Å². The fraction of sp³-hybridized carbons (Fsp3) is 0.585. The molecule has 6 aliphatic rings. The van der Waals surface area contributed by atoms with Crippen LogP contribution in [0.5, 0.6) is 0 Å². The topological polar surface area (TPSA) is 17.8 Å². The molecule has 6 fully saturated rings. The Hall–Kier alpha value is -2.61. The van der Waals surface area contributed by atoms with Crippen LogP contribution in [-0.2, 0) is 0 Å². The number of fused-ring (bicyclic) bond motifs is 9. The third-order valence-electron chi connectivity index (χ3n) is 14.6. The summed E-state index contributed by atoms with van der Waals surface area (Å²) in [5.41, 5.74) is 3.91. The normalized spacial score (nSPS) is 40.0. The van der Waals surface area contributed by atoms with E-state index in [-0.39, 0.29) is 0 Å². The highest BCUT2D eigenvalue weighted by molar-refractivity contribution is 6.09. The molecule has 2 heterocycles. The van der Waals surface area contributed by atoms with Gasteiger partial charge in [-0.15, -0.1) is 0 Å². The second-order valence-electron chi connectivity index (χ2n) is 15.9. The van der Waals surface area contributed by atoms with Gasteiger partial charge in [-0.05, 0) is 141 Å². The fourth-order valence-corrected chi connectivity index (χ4v) is 13.5. The van der Waals surface area contributed by atoms with Crippen molar-refractivity contribution >= 4 is 21.8 Å². The van der Waals surface area contributed by atoms with E-state index >= 15 is 0 Å². The van der Waals surface area contributed by atoms with Crippen LogP contribution in [0.3, 0.4) is 0 Å². The molecule has 11 atom stereocenters. The first-order valence-corrected chi connectivity index (χ1v) is 18.3. The van der Waals surface area contributed by atoms with Gasteiger partial charge in [-0.25, -0.2) is 4.98 Å². The quantitative estimate of drug-likeness (QED) is 0.235. The number of rotatable bonds is 2. The van der Waals surface area contributed by atoms with Crippen LogP contribution in [-0.4, -0.2) is 9.55 Å². The molecular formula is C41H48N2. The van der Waals surface area contributed by atoms with E-state index in [9.17, 15) is 0 Å². The predicted molar refractivity (Wildman–Crippen MR) is 176 cm³/mol. The van der Waals surface area contributed by atoms with Gasteiger partial charge in [0.25, 0.3) is 0 Å². The summed E-state index contributed by atoms with van der Waals surface area (Å²) < 4.78 is 2.42. The fourth-order valence-electron chi connectivity index (χ4n) is 13.5. The summed E-state index contributed by atoms with van der Waals surface area (Å²) in [4.78, 5) is 5.52. The molecule has 2 aromatic carbocycles. The van der Waals surface area contributed by atoms with E-state index < -0.39 is 0 Å². The Morgan fingerprint density at radius 2 is 1.00 bits per heavy atom. The molecule has 0 amide bonds. The molecule has 0 aliphatic heterocycles. The highest BCUT2D eigenvalue weighted by atomic mass is 15.1. The highest BCUT2D eigenvalue weighted by Crippen LogP contribution is 2.69. The third-order valence-corrected chi connectivity index (χ3v) is 14.6. The van der Waals surface area contributed by atoms with Gasteiger partial charge in [-0.2, -0.15) is 0 Å². The largest absolute Gasteiger partial charge is 0.294 e. The molecule has 0 radical (unpaired) electrons. The summed E-state index contributed by atoms with van der Waals surface area (Å²) in [5, 5.41) is 2.65. The van der Waals surface area contributed by atoms with Crippen LogP contribution in [0.2, 0.25) is 0 Å². The van der Waals surface area contributed by atoms with Crippen molar-refractivity contribution in [3.05, 3.63) is 72.4 Å². The van der Waals surface area contributed by atoms with E-state index in [2.05, 4.69) is 71.3 Å². The second kappa shape index (κ2) is 9.95. The lowest BCUT2D eigenvalue weighted by Gasteiger charge is -2.67. The standard InChI is InChI=1S/C41H48N2/c1-2-11-27-26(10-1)31-14-7-16-33-28-23-22-25(24-35(28)34-17-8-15-32(27)41(34)40(31)33)36-18-9-21-39(42-36)43-37-19-5-3-12-29(37)30-13-4-6-20-38(30)43/h3-6,9,12-13,18-21,25-28,31-35,40-41H,1-2,7-8,10-11,14-17,22-24H2. The van der Waals surface area contributed by atoms with Gasteiger partial charge in [-0.1, -0.05) is 68.1 Å². The Morgan fingerprint density at radius 3 is 1.63 bits per heavy atom. The Kier molecular flexibility index (Phi) is 5.94. The molecule has 4 aromatic rings. The first-order valence-electron chi connectivity index (χ1n) is 18.3. The minimum atomic E-state index is 0.622. The van der Waals surface area contributed by atoms with E-state index in [1.807, 2.05) is 0 Å². The van der Waals surface area contributed by atoms with Crippen molar-refractivity contribution in [1.29, 1.82) is 0 Å². The molecule has 11 unspecified atom stereocenters. The Balaban J connectivity index is 1.01. The number of nitrogens with zero attached hydrogens (tertiary/aromatic N) is 2. The summed E-state index contributed by atoms with van der Waals surface area (Å²) >= 11 is 0. The van der Waals surface area contributed by atoms with E-state index in [1.54, 1.807) is 32.1 Å². The lowest BCUT2D eigenvalue weighted by molar-refractivity contribution is -0.188. The van der Waals surface area contributed by atoms with Crippen LogP contribution in [0.25, 0.3) is 27.6 Å². The molecule has 2 aromatic heterocycles. The van der Waals surface area contributed by atoms with Gasteiger partial charge in [0.2, 0.25) is 0 Å². The van der Waals surface area contributed by atoms with Gasteiger partial charge in [0.1, 0.15) is 5.82 Å². The van der Waals surface area contributed by atoms with Crippen molar-refractivity contribution < 1.29 is 0 Å². The lowest BCUT2D eigenvalue weighted by atomic mass is 9.37. The molecule has 10 rings (SSSR count). The smallest absolute Gasteiger partial charge is 0.137 e. The number of pyridine rings is 1. The summed E-state index contributed by atoms with van der Waals surface area (Å²) in [5.74, 6) is 12.2. The minimum Gasteiger partial charge on any atom is -0.294 e. The number of para-hydroxylation sites is 2. The van der Waals surface area contributed by atoms with Crippen molar-refractivity contribution in [2.75, 3.05) is 0 Å².